The third kappa shape index (κ3) is 6.64. The Balaban J connectivity index is 2.05. The van der Waals surface area contributed by atoms with Crippen LogP contribution in [-0.2, 0) is 4.79 Å². The Morgan fingerprint density at radius 2 is 1.88 bits per heavy atom. The molecule has 2 N–H and O–H groups in total. The molecular weight excluding hydrogens is 214 g/mol. The van der Waals surface area contributed by atoms with Crippen molar-refractivity contribution in [3.8, 4) is 0 Å². The van der Waals surface area contributed by atoms with Crippen molar-refractivity contribution in [1.29, 1.82) is 0 Å². The zero-order chi connectivity index (χ0) is 12.7. The fourth-order valence-corrected chi connectivity index (χ4v) is 2.12. The van der Waals surface area contributed by atoms with Gasteiger partial charge in [-0.2, -0.15) is 0 Å². The van der Waals surface area contributed by atoms with Gasteiger partial charge in [0.05, 0.1) is 6.54 Å². The van der Waals surface area contributed by atoms with Gasteiger partial charge in [0.15, 0.2) is 0 Å². The van der Waals surface area contributed by atoms with Crippen molar-refractivity contribution >= 4 is 5.91 Å². The number of rotatable bonds is 7. The number of carbonyl (C=O) groups is 1. The molecule has 4 nitrogen and oxygen atoms in total. The van der Waals surface area contributed by atoms with Crippen molar-refractivity contribution in [3.63, 3.8) is 0 Å². The molecule has 1 unspecified atom stereocenters. The third-order valence-corrected chi connectivity index (χ3v) is 3.09. The van der Waals surface area contributed by atoms with E-state index in [1.807, 2.05) is 13.8 Å². The highest BCUT2D eigenvalue weighted by Crippen LogP contribution is 2.09. The summed E-state index contributed by atoms with van der Waals surface area (Å²) in [6.07, 6.45) is 2.66. The maximum absolute atomic E-state index is 11.5. The Kier molecular flexibility index (Phi) is 6.52. The molecule has 0 aromatic heterocycles. The first-order valence-electron chi connectivity index (χ1n) is 6.80. The van der Waals surface area contributed by atoms with Crippen LogP contribution >= 0.6 is 0 Å². The summed E-state index contributed by atoms with van der Waals surface area (Å²) in [5.74, 6) is 0.642. The highest BCUT2D eigenvalue weighted by atomic mass is 16.1. The van der Waals surface area contributed by atoms with Crippen LogP contribution in [0.25, 0.3) is 0 Å². The summed E-state index contributed by atoms with van der Waals surface area (Å²) < 4.78 is 0. The summed E-state index contributed by atoms with van der Waals surface area (Å²) in [5, 5.41) is 6.10. The van der Waals surface area contributed by atoms with Crippen LogP contribution in [0.3, 0.4) is 0 Å². The first kappa shape index (κ1) is 14.5. The van der Waals surface area contributed by atoms with Crippen LogP contribution < -0.4 is 10.6 Å². The molecule has 0 radical (unpaired) electrons. The maximum atomic E-state index is 11.5. The van der Waals surface area contributed by atoms with Gasteiger partial charge in [0.25, 0.3) is 0 Å². The van der Waals surface area contributed by atoms with E-state index in [0.29, 0.717) is 18.5 Å². The molecule has 1 heterocycles. The summed E-state index contributed by atoms with van der Waals surface area (Å²) in [7, 11) is 0. The lowest BCUT2D eigenvalue weighted by atomic mass is 10.1. The van der Waals surface area contributed by atoms with E-state index in [0.717, 1.165) is 13.1 Å². The van der Waals surface area contributed by atoms with Crippen molar-refractivity contribution in [1.82, 2.24) is 15.5 Å². The Labute approximate surface area is 105 Å². The molecule has 0 aromatic carbocycles. The molecule has 1 amide bonds. The SMILES string of the molecule is CC(CNC(=O)CNC(C)C)CN1CCCC1. The highest BCUT2D eigenvalue weighted by Gasteiger charge is 2.14. The molecule has 0 aromatic rings. The van der Waals surface area contributed by atoms with Crippen LogP contribution in [0.5, 0.6) is 0 Å². The molecule has 1 atom stereocenters. The van der Waals surface area contributed by atoms with Crippen molar-refractivity contribution in [2.45, 2.75) is 39.7 Å². The maximum Gasteiger partial charge on any atom is 0.233 e. The van der Waals surface area contributed by atoms with Crippen LogP contribution in [0.2, 0.25) is 0 Å². The minimum Gasteiger partial charge on any atom is -0.355 e. The lowest BCUT2D eigenvalue weighted by molar-refractivity contribution is -0.120. The van der Waals surface area contributed by atoms with E-state index in [2.05, 4.69) is 22.5 Å². The first-order valence-corrected chi connectivity index (χ1v) is 6.80. The van der Waals surface area contributed by atoms with Gasteiger partial charge in [-0.25, -0.2) is 0 Å². The Morgan fingerprint density at radius 1 is 1.24 bits per heavy atom. The van der Waals surface area contributed by atoms with Gasteiger partial charge in [0.1, 0.15) is 0 Å². The van der Waals surface area contributed by atoms with Crippen LogP contribution in [0.1, 0.15) is 33.6 Å². The van der Waals surface area contributed by atoms with Crippen LogP contribution in [0, 0.1) is 5.92 Å². The molecule has 100 valence electrons. The molecule has 0 aliphatic carbocycles. The molecule has 4 heteroatoms. The van der Waals surface area contributed by atoms with Gasteiger partial charge in [0.2, 0.25) is 5.91 Å². The van der Waals surface area contributed by atoms with E-state index < -0.39 is 0 Å². The summed E-state index contributed by atoms with van der Waals surface area (Å²) in [4.78, 5) is 14.0. The standard InChI is InChI=1S/C13H27N3O/c1-11(2)14-9-13(17)15-8-12(3)10-16-6-4-5-7-16/h11-12,14H,4-10H2,1-3H3,(H,15,17). The number of nitrogens with zero attached hydrogens (tertiary/aromatic N) is 1. The number of likely N-dealkylation sites (tertiary alicyclic amines) is 1. The predicted molar refractivity (Wildman–Crippen MR) is 71.0 cm³/mol. The molecule has 1 aliphatic rings. The van der Waals surface area contributed by atoms with E-state index in [1.54, 1.807) is 0 Å². The van der Waals surface area contributed by atoms with E-state index in [9.17, 15) is 4.79 Å². The van der Waals surface area contributed by atoms with Gasteiger partial charge in [-0.15, -0.1) is 0 Å². The molecule has 0 bridgehead atoms. The summed E-state index contributed by atoms with van der Waals surface area (Å²) in [6.45, 7) is 11.1. The van der Waals surface area contributed by atoms with E-state index in [1.165, 1.54) is 25.9 Å². The van der Waals surface area contributed by atoms with E-state index >= 15 is 0 Å². The van der Waals surface area contributed by atoms with Gasteiger partial charge >= 0.3 is 0 Å². The normalized spacial score (nSPS) is 18.6. The second-order valence-electron chi connectivity index (χ2n) is 5.45. The van der Waals surface area contributed by atoms with E-state index in [-0.39, 0.29) is 5.91 Å². The van der Waals surface area contributed by atoms with Crippen molar-refractivity contribution in [2.24, 2.45) is 5.92 Å². The van der Waals surface area contributed by atoms with Gasteiger partial charge in [-0.3, -0.25) is 4.79 Å². The zero-order valence-electron chi connectivity index (χ0n) is 11.5. The average molecular weight is 241 g/mol. The van der Waals surface area contributed by atoms with Crippen LogP contribution in [0.15, 0.2) is 0 Å². The topological polar surface area (TPSA) is 44.4 Å². The third-order valence-electron chi connectivity index (χ3n) is 3.09. The van der Waals surface area contributed by atoms with Gasteiger partial charge in [-0.1, -0.05) is 20.8 Å². The second kappa shape index (κ2) is 7.67. The highest BCUT2D eigenvalue weighted by molar-refractivity contribution is 5.77. The first-order chi connectivity index (χ1) is 8.08. The number of hydrogen-bond donors (Lipinski definition) is 2. The number of nitrogens with one attached hydrogen (secondary N) is 2. The van der Waals surface area contributed by atoms with Crippen molar-refractivity contribution < 1.29 is 4.79 Å². The van der Waals surface area contributed by atoms with E-state index in [4.69, 9.17) is 0 Å². The lowest BCUT2D eigenvalue weighted by Crippen LogP contribution is -2.40. The number of hydrogen-bond acceptors (Lipinski definition) is 3. The lowest BCUT2D eigenvalue weighted by Gasteiger charge is -2.20. The molecule has 0 saturated carbocycles. The summed E-state index contributed by atoms with van der Waals surface area (Å²) in [5.41, 5.74) is 0. The molecule has 17 heavy (non-hydrogen) atoms. The summed E-state index contributed by atoms with van der Waals surface area (Å²) in [6, 6.07) is 0.364. The minimum absolute atomic E-state index is 0.104. The average Bonchev–Trinajstić information content (AvgIpc) is 2.76. The smallest absolute Gasteiger partial charge is 0.233 e. The molecule has 0 spiro atoms. The monoisotopic (exact) mass is 241 g/mol. The van der Waals surface area contributed by atoms with Gasteiger partial charge in [0, 0.05) is 19.1 Å². The number of carbonyl (C=O) groups excluding carboxylic acids is 1. The fraction of sp³-hybridized carbons (Fsp3) is 0.923. The molecular formula is C13H27N3O. The van der Waals surface area contributed by atoms with Gasteiger partial charge < -0.3 is 15.5 Å². The van der Waals surface area contributed by atoms with Crippen LogP contribution in [-0.4, -0.2) is 49.6 Å². The predicted octanol–water partition coefficient (Wildman–Crippen LogP) is 0.833. The Bertz CT molecular complexity index is 225. The fourth-order valence-electron chi connectivity index (χ4n) is 2.12. The largest absolute Gasteiger partial charge is 0.355 e. The van der Waals surface area contributed by atoms with Crippen LogP contribution in [0.4, 0.5) is 0 Å². The minimum atomic E-state index is 0.104. The Morgan fingerprint density at radius 3 is 2.47 bits per heavy atom. The summed E-state index contributed by atoms with van der Waals surface area (Å²) >= 11 is 0. The van der Waals surface area contributed by atoms with Crippen molar-refractivity contribution in [2.75, 3.05) is 32.7 Å². The Hall–Kier alpha value is -0.610. The quantitative estimate of drug-likeness (QED) is 0.694. The molecule has 1 saturated heterocycles. The van der Waals surface area contributed by atoms with Gasteiger partial charge in [-0.05, 0) is 31.8 Å². The second-order valence-corrected chi connectivity index (χ2v) is 5.45. The zero-order valence-corrected chi connectivity index (χ0v) is 11.5. The van der Waals surface area contributed by atoms with Crippen molar-refractivity contribution in [3.05, 3.63) is 0 Å². The number of amides is 1. The molecule has 1 aliphatic heterocycles. The molecule has 1 rings (SSSR count). The molecule has 1 fully saturated rings.